The number of nitrogens with zero attached hydrogens (tertiary/aromatic N) is 2. The van der Waals surface area contributed by atoms with Crippen molar-refractivity contribution >= 4 is 22.6 Å². The molecule has 0 N–H and O–H groups in total. The van der Waals surface area contributed by atoms with E-state index in [9.17, 15) is 0 Å². The van der Waals surface area contributed by atoms with Crippen molar-refractivity contribution in [1.82, 2.24) is 4.90 Å². The minimum Gasteiger partial charge on any atom is -0.347 e. The first kappa shape index (κ1) is 15.2. The second-order valence-electron chi connectivity index (χ2n) is 5.99. The largest absolute Gasteiger partial charge is 0.347 e. The number of rotatable bonds is 3. The Morgan fingerprint density at radius 1 is 1.05 bits per heavy atom. The van der Waals surface area contributed by atoms with Gasteiger partial charge in [0.1, 0.15) is 0 Å². The van der Waals surface area contributed by atoms with E-state index >= 15 is 0 Å². The van der Waals surface area contributed by atoms with Crippen LogP contribution < -0.4 is 0 Å². The van der Waals surface area contributed by atoms with Gasteiger partial charge in [0.2, 0.25) is 0 Å². The van der Waals surface area contributed by atoms with Crippen LogP contribution in [0.5, 0.6) is 0 Å². The lowest BCUT2D eigenvalue weighted by atomic mass is 10.1. The van der Waals surface area contributed by atoms with Crippen LogP contribution in [-0.2, 0) is 0 Å². The lowest BCUT2D eigenvalue weighted by molar-refractivity contribution is 0.367. The number of aliphatic imine (C=N–C) groups is 1. The maximum absolute atomic E-state index is 4.88. The SMILES string of the molecule is Cc1ccc(N=C2S[C@H](c3ccccc3)CN2C(C)C)cc1. The van der Waals surface area contributed by atoms with Gasteiger partial charge in [0.05, 0.1) is 10.9 Å². The second kappa shape index (κ2) is 6.57. The number of benzene rings is 2. The third kappa shape index (κ3) is 3.36. The fourth-order valence-electron chi connectivity index (χ4n) is 2.58. The van der Waals surface area contributed by atoms with E-state index in [0.717, 1.165) is 17.4 Å². The van der Waals surface area contributed by atoms with Crippen LogP contribution in [0.25, 0.3) is 0 Å². The molecule has 0 aliphatic carbocycles. The highest BCUT2D eigenvalue weighted by Gasteiger charge is 2.31. The molecular formula is C19H22N2S. The van der Waals surface area contributed by atoms with Gasteiger partial charge < -0.3 is 4.90 Å². The number of hydrogen-bond acceptors (Lipinski definition) is 2. The van der Waals surface area contributed by atoms with E-state index in [1.54, 1.807) is 0 Å². The van der Waals surface area contributed by atoms with E-state index in [1.165, 1.54) is 11.1 Å². The minimum absolute atomic E-state index is 0.463. The zero-order chi connectivity index (χ0) is 15.5. The predicted octanol–water partition coefficient (Wildman–Crippen LogP) is 5.18. The van der Waals surface area contributed by atoms with Crippen molar-refractivity contribution in [2.45, 2.75) is 32.1 Å². The third-order valence-corrected chi connectivity index (χ3v) is 5.15. The Hall–Kier alpha value is -1.74. The molecule has 0 spiro atoms. The molecule has 0 amide bonds. The van der Waals surface area contributed by atoms with E-state index in [0.29, 0.717) is 11.3 Å². The first-order chi connectivity index (χ1) is 10.6. The van der Waals surface area contributed by atoms with Crippen LogP contribution in [0.4, 0.5) is 5.69 Å². The standard InChI is InChI=1S/C19H22N2S/c1-14(2)21-13-18(16-7-5-4-6-8-16)22-19(21)20-17-11-9-15(3)10-12-17/h4-12,14,18H,13H2,1-3H3/t18-/m0/s1. The Kier molecular flexibility index (Phi) is 4.53. The van der Waals surface area contributed by atoms with Gasteiger partial charge in [-0.1, -0.05) is 59.8 Å². The molecule has 0 bridgehead atoms. The van der Waals surface area contributed by atoms with E-state index in [4.69, 9.17) is 4.99 Å². The third-order valence-electron chi connectivity index (χ3n) is 3.91. The topological polar surface area (TPSA) is 15.6 Å². The lowest BCUT2D eigenvalue weighted by Gasteiger charge is -2.22. The molecule has 3 rings (SSSR count). The quantitative estimate of drug-likeness (QED) is 0.776. The van der Waals surface area contributed by atoms with Crippen LogP contribution in [0, 0.1) is 6.92 Å². The van der Waals surface area contributed by atoms with Gasteiger partial charge in [-0.15, -0.1) is 0 Å². The lowest BCUT2D eigenvalue weighted by Crippen LogP contribution is -2.31. The fraction of sp³-hybridized carbons (Fsp3) is 0.316. The molecule has 22 heavy (non-hydrogen) atoms. The summed E-state index contributed by atoms with van der Waals surface area (Å²) >= 11 is 1.88. The van der Waals surface area contributed by atoms with Crippen molar-refractivity contribution < 1.29 is 0 Å². The monoisotopic (exact) mass is 310 g/mol. The van der Waals surface area contributed by atoms with E-state index in [2.05, 4.69) is 80.3 Å². The summed E-state index contributed by atoms with van der Waals surface area (Å²) in [6, 6.07) is 19.6. The molecule has 1 aliphatic rings. The number of aryl methyl sites for hydroxylation is 1. The van der Waals surface area contributed by atoms with Gasteiger partial charge in [-0.3, -0.25) is 0 Å². The van der Waals surface area contributed by atoms with Gasteiger partial charge in [0, 0.05) is 12.6 Å². The van der Waals surface area contributed by atoms with E-state index in [1.807, 2.05) is 11.8 Å². The van der Waals surface area contributed by atoms with E-state index in [-0.39, 0.29) is 0 Å². The van der Waals surface area contributed by atoms with Crippen molar-refractivity contribution in [1.29, 1.82) is 0 Å². The molecule has 0 aromatic heterocycles. The number of hydrogen-bond donors (Lipinski definition) is 0. The van der Waals surface area contributed by atoms with Gasteiger partial charge in [0.25, 0.3) is 0 Å². The van der Waals surface area contributed by atoms with Gasteiger partial charge in [-0.25, -0.2) is 4.99 Å². The van der Waals surface area contributed by atoms with Gasteiger partial charge >= 0.3 is 0 Å². The van der Waals surface area contributed by atoms with Crippen LogP contribution in [0.2, 0.25) is 0 Å². The van der Waals surface area contributed by atoms with Crippen LogP contribution in [-0.4, -0.2) is 22.7 Å². The molecule has 0 unspecified atom stereocenters. The first-order valence-electron chi connectivity index (χ1n) is 7.77. The summed E-state index contributed by atoms with van der Waals surface area (Å²) in [5.41, 5.74) is 3.69. The Morgan fingerprint density at radius 2 is 1.73 bits per heavy atom. The van der Waals surface area contributed by atoms with Crippen LogP contribution in [0.15, 0.2) is 59.6 Å². The molecule has 1 saturated heterocycles. The van der Waals surface area contributed by atoms with Crippen LogP contribution in [0.1, 0.15) is 30.2 Å². The average molecular weight is 310 g/mol. The summed E-state index contributed by atoms with van der Waals surface area (Å²) in [4.78, 5) is 7.29. The number of thioether (sulfide) groups is 1. The summed E-state index contributed by atoms with van der Waals surface area (Å²) in [6.45, 7) is 7.60. The maximum atomic E-state index is 4.88. The summed E-state index contributed by atoms with van der Waals surface area (Å²) in [5.74, 6) is 0. The average Bonchev–Trinajstić information content (AvgIpc) is 2.95. The molecule has 2 aromatic carbocycles. The molecule has 1 fully saturated rings. The van der Waals surface area contributed by atoms with Crippen molar-refractivity contribution in [3.63, 3.8) is 0 Å². The van der Waals surface area contributed by atoms with Gasteiger partial charge in [-0.05, 0) is 38.5 Å². The Labute approximate surface area is 137 Å². The normalized spacial score (nSPS) is 20.1. The summed E-state index contributed by atoms with van der Waals surface area (Å²) in [6.07, 6.45) is 0. The summed E-state index contributed by atoms with van der Waals surface area (Å²) in [7, 11) is 0. The summed E-state index contributed by atoms with van der Waals surface area (Å²) in [5, 5.41) is 1.60. The summed E-state index contributed by atoms with van der Waals surface area (Å²) < 4.78 is 0. The van der Waals surface area contributed by atoms with Crippen LogP contribution >= 0.6 is 11.8 Å². The highest BCUT2D eigenvalue weighted by atomic mass is 32.2. The maximum Gasteiger partial charge on any atom is 0.165 e. The van der Waals surface area contributed by atoms with Crippen molar-refractivity contribution in [2.75, 3.05) is 6.54 Å². The zero-order valence-electron chi connectivity index (χ0n) is 13.4. The molecule has 0 radical (unpaired) electrons. The molecule has 0 saturated carbocycles. The van der Waals surface area contributed by atoms with Gasteiger partial charge in [0.15, 0.2) is 5.17 Å². The molecule has 3 heteroatoms. The molecule has 2 nitrogen and oxygen atoms in total. The molecular weight excluding hydrogens is 288 g/mol. The van der Waals surface area contributed by atoms with Crippen molar-refractivity contribution in [3.05, 3.63) is 65.7 Å². The smallest absolute Gasteiger partial charge is 0.165 e. The highest BCUT2D eigenvalue weighted by Crippen LogP contribution is 2.40. The molecule has 114 valence electrons. The first-order valence-corrected chi connectivity index (χ1v) is 8.65. The molecule has 1 atom stereocenters. The van der Waals surface area contributed by atoms with Gasteiger partial charge in [-0.2, -0.15) is 0 Å². The van der Waals surface area contributed by atoms with Crippen molar-refractivity contribution in [2.24, 2.45) is 4.99 Å². The molecule has 1 heterocycles. The van der Waals surface area contributed by atoms with Crippen LogP contribution in [0.3, 0.4) is 0 Å². The Bertz CT molecular complexity index is 647. The highest BCUT2D eigenvalue weighted by molar-refractivity contribution is 8.14. The zero-order valence-corrected chi connectivity index (χ0v) is 14.2. The Balaban J connectivity index is 1.87. The van der Waals surface area contributed by atoms with E-state index < -0.39 is 0 Å². The molecule has 1 aliphatic heterocycles. The second-order valence-corrected chi connectivity index (χ2v) is 7.16. The molecule has 2 aromatic rings. The van der Waals surface area contributed by atoms with Crippen molar-refractivity contribution in [3.8, 4) is 0 Å². The predicted molar refractivity (Wildman–Crippen MR) is 96.9 cm³/mol. The fourth-order valence-corrected chi connectivity index (χ4v) is 3.94. The number of amidine groups is 1. The Morgan fingerprint density at radius 3 is 2.36 bits per heavy atom. The minimum atomic E-state index is 0.463.